The van der Waals surface area contributed by atoms with E-state index < -0.39 is 0 Å². The van der Waals surface area contributed by atoms with Crippen molar-refractivity contribution in [3.8, 4) is 11.5 Å². The third-order valence-electron chi connectivity index (χ3n) is 3.19. The number of halogens is 1. The molecule has 0 unspecified atom stereocenters. The van der Waals surface area contributed by atoms with E-state index in [1.54, 1.807) is 44.7 Å². The van der Waals surface area contributed by atoms with Crippen LogP contribution >= 0.6 is 15.9 Å². The number of ether oxygens (including phenoxy) is 2. The fourth-order valence-corrected chi connectivity index (χ4v) is 2.46. The molecule has 0 saturated heterocycles. The summed E-state index contributed by atoms with van der Waals surface area (Å²) >= 11 is 3.42. The van der Waals surface area contributed by atoms with Crippen molar-refractivity contribution in [1.29, 1.82) is 0 Å². The Morgan fingerprint density at radius 1 is 1.32 bits per heavy atom. The van der Waals surface area contributed by atoms with E-state index in [0.29, 0.717) is 17.1 Å². The van der Waals surface area contributed by atoms with Crippen molar-refractivity contribution in [1.82, 2.24) is 9.78 Å². The molecule has 2 aromatic rings. The van der Waals surface area contributed by atoms with Gasteiger partial charge in [-0.15, -0.1) is 0 Å². The molecule has 0 atom stereocenters. The van der Waals surface area contributed by atoms with E-state index in [9.17, 15) is 4.79 Å². The number of methoxy groups -OCH3 is 2. The van der Waals surface area contributed by atoms with E-state index in [2.05, 4.69) is 21.0 Å². The number of hydrogen-bond donors (Lipinski definition) is 0. The normalized spacial score (nSPS) is 10.9. The Morgan fingerprint density at radius 3 is 2.68 bits per heavy atom. The van der Waals surface area contributed by atoms with E-state index >= 15 is 0 Å². The van der Waals surface area contributed by atoms with Crippen LogP contribution in [-0.2, 0) is 6.54 Å². The van der Waals surface area contributed by atoms with Crippen molar-refractivity contribution in [2.45, 2.75) is 13.5 Å². The van der Waals surface area contributed by atoms with Gasteiger partial charge in [-0.2, -0.15) is 5.10 Å². The van der Waals surface area contributed by atoms with Gasteiger partial charge in [0, 0.05) is 12.1 Å². The van der Waals surface area contributed by atoms with Crippen LogP contribution in [0, 0.1) is 0 Å². The Bertz CT molecular complexity index is 707. The fraction of sp³-hybridized carbons (Fsp3) is 0.250. The molecule has 5 nitrogen and oxygen atoms in total. The van der Waals surface area contributed by atoms with Gasteiger partial charge in [0.1, 0.15) is 0 Å². The second kappa shape index (κ2) is 7.26. The molecule has 0 N–H and O–H groups in total. The van der Waals surface area contributed by atoms with Crippen LogP contribution in [0.15, 0.2) is 34.9 Å². The van der Waals surface area contributed by atoms with Crippen LogP contribution in [0.1, 0.15) is 23.0 Å². The summed E-state index contributed by atoms with van der Waals surface area (Å²) in [5.74, 6) is 1.01. The van der Waals surface area contributed by atoms with Crippen LogP contribution in [0.5, 0.6) is 11.5 Å². The summed E-state index contributed by atoms with van der Waals surface area (Å²) in [6, 6.07) is 5.09. The number of carbonyl (C=O) groups is 1. The summed E-state index contributed by atoms with van der Waals surface area (Å²) in [6.07, 6.45) is 4.98. The first-order valence-corrected chi connectivity index (χ1v) is 7.55. The summed E-state index contributed by atoms with van der Waals surface area (Å²) in [6.45, 7) is 2.72. The second-order valence-electron chi connectivity index (χ2n) is 4.46. The van der Waals surface area contributed by atoms with E-state index in [1.165, 1.54) is 6.08 Å². The lowest BCUT2D eigenvalue weighted by Crippen LogP contribution is -2.00. The van der Waals surface area contributed by atoms with Gasteiger partial charge in [-0.1, -0.05) is 0 Å². The molecule has 6 heteroatoms. The standard InChI is InChI=1S/C16H17BrN2O3/c1-4-19-13(12(17)10-18-19)6-7-14(20)11-5-8-15(21-2)16(9-11)22-3/h5-10H,4H2,1-3H3/b7-6+. The van der Waals surface area contributed by atoms with Gasteiger partial charge in [-0.25, -0.2) is 0 Å². The molecule has 1 aromatic heterocycles. The molecule has 0 aliphatic heterocycles. The number of ketones is 1. The van der Waals surface area contributed by atoms with Crippen LogP contribution < -0.4 is 9.47 Å². The highest BCUT2D eigenvalue weighted by Crippen LogP contribution is 2.28. The predicted octanol–water partition coefficient (Wildman–Crippen LogP) is 3.58. The van der Waals surface area contributed by atoms with E-state index in [0.717, 1.165) is 16.7 Å². The topological polar surface area (TPSA) is 53.4 Å². The highest BCUT2D eigenvalue weighted by atomic mass is 79.9. The first-order chi connectivity index (χ1) is 10.6. The molecule has 22 heavy (non-hydrogen) atoms. The minimum atomic E-state index is -0.114. The summed E-state index contributed by atoms with van der Waals surface area (Å²) in [7, 11) is 3.10. The quantitative estimate of drug-likeness (QED) is 0.580. The maximum absolute atomic E-state index is 12.3. The Kier molecular flexibility index (Phi) is 5.38. The van der Waals surface area contributed by atoms with Gasteiger partial charge in [-0.3, -0.25) is 9.48 Å². The number of benzene rings is 1. The predicted molar refractivity (Wildman–Crippen MR) is 88.5 cm³/mol. The summed E-state index contributed by atoms with van der Waals surface area (Å²) in [4.78, 5) is 12.3. The lowest BCUT2D eigenvalue weighted by atomic mass is 10.1. The van der Waals surface area contributed by atoms with Crippen LogP contribution in [0.2, 0.25) is 0 Å². The average Bonchev–Trinajstić information content (AvgIpc) is 2.91. The third kappa shape index (κ3) is 3.39. The molecular weight excluding hydrogens is 348 g/mol. The van der Waals surface area contributed by atoms with Gasteiger partial charge in [0.2, 0.25) is 0 Å². The highest BCUT2D eigenvalue weighted by Gasteiger charge is 2.10. The zero-order chi connectivity index (χ0) is 16.1. The molecular formula is C16H17BrN2O3. The Hall–Kier alpha value is -2.08. The van der Waals surface area contributed by atoms with E-state index in [-0.39, 0.29) is 5.78 Å². The third-order valence-corrected chi connectivity index (χ3v) is 3.80. The number of aromatic nitrogens is 2. The Morgan fingerprint density at radius 2 is 2.05 bits per heavy atom. The number of aryl methyl sites for hydroxylation is 1. The van der Waals surface area contributed by atoms with E-state index in [4.69, 9.17) is 9.47 Å². The molecule has 2 rings (SSSR count). The molecule has 0 spiro atoms. The zero-order valence-electron chi connectivity index (χ0n) is 12.7. The minimum absolute atomic E-state index is 0.114. The molecule has 0 bridgehead atoms. The lowest BCUT2D eigenvalue weighted by Gasteiger charge is -2.08. The number of nitrogens with zero attached hydrogens (tertiary/aromatic N) is 2. The zero-order valence-corrected chi connectivity index (χ0v) is 14.3. The Labute approximate surface area is 137 Å². The molecule has 0 fully saturated rings. The largest absolute Gasteiger partial charge is 0.493 e. The molecule has 0 aliphatic rings. The van der Waals surface area contributed by atoms with Gasteiger partial charge in [0.15, 0.2) is 17.3 Å². The average molecular weight is 365 g/mol. The van der Waals surface area contributed by atoms with Crippen molar-refractivity contribution in [2.24, 2.45) is 0 Å². The van der Waals surface area contributed by atoms with Gasteiger partial charge in [-0.05, 0) is 53.2 Å². The van der Waals surface area contributed by atoms with Gasteiger partial charge < -0.3 is 9.47 Å². The van der Waals surface area contributed by atoms with Gasteiger partial charge in [0.25, 0.3) is 0 Å². The highest BCUT2D eigenvalue weighted by molar-refractivity contribution is 9.10. The van der Waals surface area contributed by atoms with Crippen LogP contribution in [0.25, 0.3) is 6.08 Å². The number of hydrogen-bond acceptors (Lipinski definition) is 4. The maximum atomic E-state index is 12.3. The number of allylic oxidation sites excluding steroid dienone is 1. The van der Waals surface area contributed by atoms with Gasteiger partial charge >= 0.3 is 0 Å². The van der Waals surface area contributed by atoms with Gasteiger partial charge in [0.05, 0.1) is 30.6 Å². The fourth-order valence-electron chi connectivity index (χ4n) is 2.03. The summed E-state index contributed by atoms with van der Waals surface area (Å²) < 4.78 is 13.0. The van der Waals surface area contributed by atoms with Crippen LogP contribution in [-0.4, -0.2) is 29.8 Å². The molecule has 0 saturated carbocycles. The number of rotatable bonds is 6. The van der Waals surface area contributed by atoms with Crippen molar-refractivity contribution >= 4 is 27.8 Å². The van der Waals surface area contributed by atoms with Crippen molar-refractivity contribution < 1.29 is 14.3 Å². The van der Waals surface area contributed by atoms with E-state index in [1.807, 2.05) is 11.6 Å². The molecule has 0 radical (unpaired) electrons. The minimum Gasteiger partial charge on any atom is -0.493 e. The monoisotopic (exact) mass is 364 g/mol. The number of carbonyl (C=O) groups excluding carboxylic acids is 1. The van der Waals surface area contributed by atoms with Crippen LogP contribution in [0.4, 0.5) is 0 Å². The summed E-state index contributed by atoms with van der Waals surface area (Å²) in [5.41, 5.74) is 1.39. The molecule has 116 valence electrons. The maximum Gasteiger partial charge on any atom is 0.186 e. The Balaban J connectivity index is 2.25. The lowest BCUT2D eigenvalue weighted by molar-refractivity contribution is 0.104. The molecule has 0 aliphatic carbocycles. The molecule has 0 amide bonds. The first-order valence-electron chi connectivity index (χ1n) is 6.76. The first kappa shape index (κ1) is 16.3. The van der Waals surface area contributed by atoms with Crippen molar-refractivity contribution in [3.05, 3.63) is 46.2 Å². The van der Waals surface area contributed by atoms with Crippen LogP contribution in [0.3, 0.4) is 0 Å². The molecule has 1 heterocycles. The smallest absolute Gasteiger partial charge is 0.186 e. The second-order valence-corrected chi connectivity index (χ2v) is 5.32. The van der Waals surface area contributed by atoms with Crippen molar-refractivity contribution in [3.63, 3.8) is 0 Å². The molecule has 1 aromatic carbocycles. The van der Waals surface area contributed by atoms with Crippen molar-refractivity contribution in [2.75, 3.05) is 14.2 Å². The SMILES string of the molecule is CCn1ncc(Br)c1/C=C/C(=O)c1ccc(OC)c(OC)c1. The summed E-state index contributed by atoms with van der Waals surface area (Å²) in [5, 5.41) is 4.21.